The predicted octanol–water partition coefficient (Wildman–Crippen LogP) is 3.28. The van der Waals surface area contributed by atoms with Gasteiger partial charge >= 0.3 is 0 Å². The van der Waals surface area contributed by atoms with Crippen molar-refractivity contribution in [1.82, 2.24) is 9.88 Å². The van der Waals surface area contributed by atoms with Gasteiger partial charge in [0.2, 0.25) is 5.91 Å². The highest BCUT2D eigenvalue weighted by molar-refractivity contribution is 6.05. The van der Waals surface area contributed by atoms with Crippen molar-refractivity contribution in [3.05, 3.63) is 90.1 Å². The summed E-state index contributed by atoms with van der Waals surface area (Å²) in [6, 6.07) is 20.0. The highest BCUT2D eigenvalue weighted by atomic mass is 16.2. The van der Waals surface area contributed by atoms with Crippen LogP contribution in [0.5, 0.6) is 0 Å². The Labute approximate surface area is 187 Å². The molecule has 0 atom stereocenters. The van der Waals surface area contributed by atoms with Crippen LogP contribution in [0.25, 0.3) is 6.08 Å². The molecule has 1 aromatic heterocycles. The fourth-order valence-electron chi connectivity index (χ4n) is 3.52. The van der Waals surface area contributed by atoms with E-state index < -0.39 is 0 Å². The molecule has 3 aromatic rings. The molecule has 32 heavy (non-hydrogen) atoms. The molecular formula is C25H25N5O2. The van der Waals surface area contributed by atoms with Crippen molar-refractivity contribution < 1.29 is 9.59 Å². The standard InChI is InChI=1S/C25H25N5O2/c26-21-5-1-2-6-22(21)28-25(32)20-11-8-19(9-12-20)10-13-24(31)30-17-15-29(16-18-30)23-7-3-4-14-27-23/h1-14H,15-18,26H2,(H,28,32)/b13-10+. The van der Waals surface area contributed by atoms with Gasteiger partial charge in [-0.1, -0.05) is 30.3 Å². The molecule has 3 N–H and O–H groups in total. The van der Waals surface area contributed by atoms with Gasteiger partial charge in [0.15, 0.2) is 0 Å². The second kappa shape index (κ2) is 9.78. The molecule has 0 spiro atoms. The minimum atomic E-state index is -0.236. The average molecular weight is 428 g/mol. The number of piperazine rings is 1. The number of para-hydroxylation sites is 2. The lowest BCUT2D eigenvalue weighted by Crippen LogP contribution is -2.48. The van der Waals surface area contributed by atoms with E-state index in [1.807, 2.05) is 47.4 Å². The van der Waals surface area contributed by atoms with Gasteiger partial charge in [-0.25, -0.2) is 4.98 Å². The van der Waals surface area contributed by atoms with Crippen LogP contribution in [0.1, 0.15) is 15.9 Å². The van der Waals surface area contributed by atoms with E-state index >= 15 is 0 Å². The van der Waals surface area contributed by atoms with Gasteiger partial charge in [-0.2, -0.15) is 0 Å². The van der Waals surface area contributed by atoms with Crippen molar-refractivity contribution in [3.63, 3.8) is 0 Å². The lowest BCUT2D eigenvalue weighted by molar-refractivity contribution is -0.126. The Balaban J connectivity index is 1.30. The van der Waals surface area contributed by atoms with Gasteiger partial charge < -0.3 is 20.9 Å². The van der Waals surface area contributed by atoms with Crippen molar-refractivity contribution in [3.8, 4) is 0 Å². The Morgan fingerprint density at radius 1 is 0.906 bits per heavy atom. The molecule has 1 aliphatic rings. The predicted molar refractivity (Wildman–Crippen MR) is 127 cm³/mol. The van der Waals surface area contributed by atoms with Crippen molar-refractivity contribution >= 4 is 35.1 Å². The number of nitrogen functional groups attached to an aromatic ring is 1. The number of nitrogens with zero attached hydrogens (tertiary/aromatic N) is 3. The molecule has 0 unspecified atom stereocenters. The summed E-state index contributed by atoms with van der Waals surface area (Å²) >= 11 is 0. The number of carbonyl (C=O) groups is 2. The molecule has 1 saturated heterocycles. The molecule has 0 saturated carbocycles. The highest BCUT2D eigenvalue weighted by Gasteiger charge is 2.20. The Morgan fingerprint density at radius 3 is 2.31 bits per heavy atom. The Hall–Kier alpha value is -4.13. The summed E-state index contributed by atoms with van der Waals surface area (Å²) in [6.07, 6.45) is 5.13. The molecule has 1 fully saturated rings. The normalized spacial score (nSPS) is 13.9. The van der Waals surface area contributed by atoms with Crippen LogP contribution in [-0.2, 0) is 4.79 Å². The number of nitrogens with two attached hydrogens (primary N) is 1. The summed E-state index contributed by atoms with van der Waals surface area (Å²) < 4.78 is 0. The van der Waals surface area contributed by atoms with Crippen LogP contribution in [0.4, 0.5) is 17.2 Å². The van der Waals surface area contributed by atoms with E-state index in [1.54, 1.807) is 42.6 Å². The molecule has 2 heterocycles. The van der Waals surface area contributed by atoms with Crippen molar-refractivity contribution in [2.24, 2.45) is 0 Å². The van der Waals surface area contributed by atoms with Crippen LogP contribution in [-0.4, -0.2) is 47.9 Å². The van der Waals surface area contributed by atoms with Crippen LogP contribution in [0.15, 0.2) is 79.0 Å². The zero-order valence-corrected chi connectivity index (χ0v) is 17.6. The second-order valence-electron chi connectivity index (χ2n) is 7.50. The topological polar surface area (TPSA) is 91.6 Å². The minimum absolute atomic E-state index is 0.0213. The van der Waals surface area contributed by atoms with Gasteiger partial charge in [0.1, 0.15) is 5.82 Å². The van der Waals surface area contributed by atoms with Gasteiger partial charge in [-0.05, 0) is 48.0 Å². The first-order chi connectivity index (χ1) is 15.6. The molecule has 2 aromatic carbocycles. The summed E-state index contributed by atoms with van der Waals surface area (Å²) in [5.41, 5.74) is 8.33. The Bertz CT molecular complexity index is 1100. The Morgan fingerprint density at radius 2 is 1.62 bits per heavy atom. The van der Waals surface area contributed by atoms with Gasteiger partial charge in [0.25, 0.3) is 5.91 Å². The number of hydrogen-bond acceptors (Lipinski definition) is 5. The summed E-state index contributed by atoms with van der Waals surface area (Å²) in [7, 11) is 0. The van der Waals surface area contributed by atoms with Gasteiger partial charge in [0.05, 0.1) is 11.4 Å². The fraction of sp³-hybridized carbons (Fsp3) is 0.160. The van der Waals surface area contributed by atoms with Crippen LogP contribution in [0.2, 0.25) is 0 Å². The number of carbonyl (C=O) groups excluding carboxylic acids is 2. The van der Waals surface area contributed by atoms with E-state index in [-0.39, 0.29) is 11.8 Å². The van der Waals surface area contributed by atoms with Crippen LogP contribution < -0.4 is 16.0 Å². The van der Waals surface area contributed by atoms with Crippen LogP contribution in [0, 0.1) is 0 Å². The van der Waals surface area contributed by atoms with E-state index in [1.165, 1.54) is 0 Å². The minimum Gasteiger partial charge on any atom is -0.397 e. The number of nitrogens with one attached hydrogen (secondary N) is 1. The molecule has 0 aliphatic carbocycles. The third kappa shape index (κ3) is 5.13. The quantitative estimate of drug-likeness (QED) is 0.482. The molecule has 4 rings (SSSR count). The van der Waals surface area contributed by atoms with Crippen LogP contribution >= 0.6 is 0 Å². The number of anilines is 3. The largest absolute Gasteiger partial charge is 0.397 e. The molecule has 0 radical (unpaired) electrons. The van der Waals surface area contributed by atoms with E-state index in [2.05, 4.69) is 15.2 Å². The van der Waals surface area contributed by atoms with E-state index in [0.717, 1.165) is 24.5 Å². The molecule has 7 heteroatoms. The van der Waals surface area contributed by atoms with Gasteiger partial charge in [-0.3, -0.25) is 9.59 Å². The number of benzene rings is 2. The molecule has 0 bridgehead atoms. The number of amides is 2. The Kier molecular flexibility index (Phi) is 6.46. The zero-order chi connectivity index (χ0) is 22.3. The number of pyridine rings is 1. The molecule has 2 amide bonds. The van der Waals surface area contributed by atoms with Gasteiger partial charge in [0, 0.05) is 44.0 Å². The molecule has 1 aliphatic heterocycles. The van der Waals surface area contributed by atoms with E-state index in [9.17, 15) is 9.59 Å². The maximum Gasteiger partial charge on any atom is 0.255 e. The molecule has 162 valence electrons. The first-order valence-corrected chi connectivity index (χ1v) is 10.5. The monoisotopic (exact) mass is 427 g/mol. The first kappa shape index (κ1) is 21.1. The molecular weight excluding hydrogens is 402 g/mol. The van der Waals surface area contributed by atoms with Crippen molar-refractivity contribution in [2.45, 2.75) is 0 Å². The second-order valence-corrected chi connectivity index (χ2v) is 7.50. The fourth-order valence-corrected chi connectivity index (χ4v) is 3.52. The highest BCUT2D eigenvalue weighted by Crippen LogP contribution is 2.18. The third-order valence-electron chi connectivity index (χ3n) is 5.36. The van der Waals surface area contributed by atoms with E-state index in [4.69, 9.17) is 5.73 Å². The maximum atomic E-state index is 12.6. The smallest absolute Gasteiger partial charge is 0.255 e. The zero-order valence-electron chi connectivity index (χ0n) is 17.6. The SMILES string of the molecule is Nc1ccccc1NC(=O)c1ccc(/C=C/C(=O)N2CCN(c3ccccn3)CC2)cc1. The van der Waals surface area contributed by atoms with Crippen LogP contribution in [0.3, 0.4) is 0 Å². The molecule has 7 nitrogen and oxygen atoms in total. The van der Waals surface area contributed by atoms with Gasteiger partial charge in [-0.15, -0.1) is 0 Å². The summed E-state index contributed by atoms with van der Waals surface area (Å²) in [5, 5.41) is 2.80. The van der Waals surface area contributed by atoms with Crippen molar-refractivity contribution in [2.75, 3.05) is 42.1 Å². The average Bonchev–Trinajstić information content (AvgIpc) is 2.85. The lowest BCUT2D eigenvalue weighted by atomic mass is 10.1. The lowest BCUT2D eigenvalue weighted by Gasteiger charge is -2.34. The summed E-state index contributed by atoms with van der Waals surface area (Å²) in [6.45, 7) is 2.82. The third-order valence-corrected chi connectivity index (χ3v) is 5.36. The maximum absolute atomic E-state index is 12.6. The van der Waals surface area contributed by atoms with E-state index in [0.29, 0.717) is 30.0 Å². The summed E-state index contributed by atoms with van der Waals surface area (Å²) in [5.74, 6) is 0.682. The first-order valence-electron chi connectivity index (χ1n) is 10.5. The number of hydrogen-bond donors (Lipinski definition) is 2. The summed E-state index contributed by atoms with van der Waals surface area (Å²) in [4.78, 5) is 33.4. The number of aromatic nitrogens is 1. The number of rotatable bonds is 5. The van der Waals surface area contributed by atoms with Crippen molar-refractivity contribution in [1.29, 1.82) is 0 Å².